The molecule has 34 heavy (non-hydrogen) atoms. The first kappa shape index (κ1) is 44.0. The van der Waals surface area contributed by atoms with E-state index in [1.807, 2.05) is 38.1 Å². The van der Waals surface area contributed by atoms with Crippen LogP contribution in [0.25, 0.3) is 0 Å². The van der Waals surface area contributed by atoms with E-state index in [0.29, 0.717) is 0 Å². The SMILES string of the molecule is Cc1cc(N)ccc1N.Cc1cc(N)ccc1N.O=C([O-])[O-].O=S(=O)(O)O.O=S(=O)(O)O.[K+].[K+]. The average Bonchev–Trinajstić information content (AvgIpc) is 2.52. The maximum atomic E-state index is 8.74. The molecule has 0 saturated heterocycles. The van der Waals surface area contributed by atoms with Gasteiger partial charge in [0.2, 0.25) is 0 Å². The van der Waals surface area contributed by atoms with Crippen LogP contribution in [0.2, 0.25) is 0 Å². The molecule has 0 aliphatic heterocycles. The quantitative estimate of drug-likeness (QED) is 0.0817. The molecule has 0 bridgehead atoms. The standard InChI is InChI=1S/2C7H10N2.CH2O3.2K.2H2O4S/c2*1-5-4-6(8)2-3-7(5)9;2-1(3)4;;;2*1-5(2,3)4/h2*2-4H,8-9H2,1H3;(H2,2,3,4);;;2*(H2,1,2,3,4)/q;;;2*+1;;/p-2. The molecule has 0 unspecified atom stereocenters. The minimum atomic E-state index is -4.67. The molecule has 15 nitrogen and oxygen atoms in total. The molecule has 184 valence electrons. The van der Waals surface area contributed by atoms with Gasteiger partial charge in [0.05, 0.1) is 0 Å². The Morgan fingerprint density at radius 1 is 0.676 bits per heavy atom. The monoisotopic (exact) mass is 578 g/mol. The molecule has 19 heteroatoms. The van der Waals surface area contributed by atoms with Crippen molar-refractivity contribution in [1.82, 2.24) is 0 Å². The van der Waals surface area contributed by atoms with Gasteiger partial charge in [-0.05, 0) is 67.5 Å². The van der Waals surface area contributed by atoms with Gasteiger partial charge in [-0.3, -0.25) is 18.2 Å². The first-order valence-electron chi connectivity index (χ1n) is 7.64. The smallest absolute Gasteiger partial charge is 0.652 e. The van der Waals surface area contributed by atoms with E-state index in [0.717, 1.165) is 33.9 Å². The van der Waals surface area contributed by atoms with Crippen LogP contribution in [0.4, 0.5) is 27.5 Å². The van der Waals surface area contributed by atoms with Crippen LogP contribution in [0.3, 0.4) is 0 Å². The molecule has 0 heterocycles. The summed E-state index contributed by atoms with van der Waals surface area (Å²) in [6.07, 6.45) is -2.33. The van der Waals surface area contributed by atoms with Gasteiger partial charge >= 0.3 is 124 Å². The van der Waals surface area contributed by atoms with Gasteiger partial charge < -0.3 is 37.9 Å². The Kier molecular flexibility index (Phi) is 28.6. The number of rotatable bonds is 0. The number of anilines is 4. The molecule has 0 aromatic heterocycles. The summed E-state index contributed by atoms with van der Waals surface area (Å²) in [6, 6.07) is 10.9. The molecular weight excluding hydrogens is 555 g/mol. The van der Waals surface area contributed by atoms with Crippen LogP contribution in [0, 0.1) is 13.8 Å². The summed E-state index contributed by atoms with van der Waals surface area (Å²) in [5, 5.41) is 16.7. The molecule has 0 atom stereocenters. The Morgan fingerprint density at radius 3 is 0.971 bits per heavy atom. The van der Waals surface area contributed by atoms with Crippen molar-refractivity contribution in [3.63, 3.8) is 0 Å². The van der Waals surface area contributed by atoms with E-state index >= 15 is 0 Å². The predicted octanol–water partition coefficient (Wildman–Crippen LogP) is -7.43. The predicted molar refractivity (Wildman–Crippen MR) is 114 cm³/mol. The van der Waals surface area contributed by atoms with E-state index in [-0.39, 0.29) is 103 Å². The van der Waals surface area contributed by atoms with Crippen molar-refractivity contribution >= 4 is 49.7 Å². The maximum Gasteiger partial charge on any atom is 1.00 e. The minimum Gasteiger partial charge on any atom is -0.652 e. The van der Waals surface area contributed by atoms with Crippen LogP contribution in [-0.4, -0.2) is 41.2 Å². The van der Waals surface area contributed by atoms with Gasteiger partial charge in [-0.1, -0.05) is 0 Å². The number of hydrogen-bond acceptors (Lipinski definition) is 11. The number of nitrogens with two attached hydrogens (primary N) is 4. The molecule has 0 aliphatic carbocycles. The molecule has 0 aliphatic rings. The third-order valence-corrected chi connectivity index (χ3v) is 2.59. The number of carbonyl (C=O) groups is 1. The third kappa shape index (κ3) is 45.4. The molecule has 2 rings (SSSR count). The number of aryl methyl sites for hydroxylation is 2. The second-order valence-electron chi connectivity index (χ2n) is 5.38. The zero-order valence-electron chi connectivity index (χ0n) is 18.7. The summed E-state index contributed by atoms with van der Waals surface area (Å²) < 4.78 is 63.2. The van der Waals surface area contributed by atoms with Gasteiger partial charge in [0.1, 0.15) is 0 Å². The Hall–Kier alpha value is -0.0773. The van der Waals surface area contributed by atoms with Gasteiger partial charge in [-0.25, -0.2) is 0 Å². The second kappa shape index (κ2) is 22.1. The van der Waals surface area contributed by atoms with E-state index in [9.17, 15) is 0 Å². The van der Waals surface area contributed by atoms with Crippen LogP contribution in [0.1, 0.15) is 11.1 Å². The third-order valence-electron chi connectivity index (χ3n) is 2.59. The van der Waals surface area contributed by atoms with E-state index in [1.165, 1.54) is 0 Å². The normalized spacial score (nSPS) is 9.12. The molecule has 0 saturated carbocycles. The van der Waals surface area contributed by atoms with E-state index in [2.05, 4.69) is 0 Å². The van der Waals surface area contributed by atoms with Crippen molar-refractivity contribution in [3.8, 4) is 0 Å². The summed E-state index contributed by atoms with van der Waals surface area (Å²) in [5.41, 5.74) is 27.2. The summed E-state index contributed by atoms with van der Waals surface area (Å²) in [5.74, 6) is 0. The zero-order chi connectivity index (χ0) is 26.3. The van der Waals surface area contributed by atoms with Crippen molar-refractivity contribution in [3.05, 3.63) is 47.5 Å². The fraction of sp³-hybridized carbons (Fsp3) is 0.133. The summed E-state index contributed by atoms with van der Waals surface area (Å²) in [6.45, 7) is 3.87. The van der Waals surface area contributed by atoms with E-state index < -0.39 is 27.0 Å². The molecule has 0 fully saturated rings. The number of nitrogen functional groups attached to an aromatic ring is 4. The van der Waals surface area contributed by atoms with Crippen LogP contribution < -0.4 is 136 Å². The second-order valence-corrected chi connectivity index (χ2v) is 7.17. The Bertz CT molecular complexity index is 971. The van der Waals surface area contributed by atoms with Crippen molar-refractivity contribution in [2.24, 2.45) is 0 Å². The van der Waals surface area contributed by atoms with Gasteiger partial charge in [0, 0.05) is 22.7 Å². The topological polar surface area (TPSA) is 316 Å². The first-order chi connectivity index (χ1) is 14.1. The molecule has 2 aromatic rings. The van der Waals surface area contributed by atoms with Crippen LogP contribution >= 0.6 is 0 Å². The maximum absolute atomic E-state index is 8.74. The largest absolute Gasteiger partial charge is 1.00 e. The molecule has 0 spiro atoms. The Balaban J connectivity index is -0.000000106. The molecular formula is C15H24K2N4O11S2. The first-order valence-corrected chi connectivity index (χ1v) is 10.4. The average molecular weight is 579 g/mol. The molecule has 0 radical (unpaired) electrons. The van der Waals surface area contributed by atoms with Crippen LogP contribution in [-0.2, 0) is 20.8 Å². The van der Waals surface area contributed by atoms with Crippen molar-refractivity contribution < 1.29 is 153 Å². The Morgan fingerprint density at radius 2 is 0.853 bits per heavy atom. The summed E-state index contributed by atoms with van der Waals surface area (Å²) >= 11 is 0. The number of hydrogen-bond donors (Lipinski definition) is 8. The van der Waals surface area contributed by atoms with Gasteiger partial charge in [0.15, 0.2) is 0 Å². The van der Waals surface area contributed by atoms with Crippen molar-refractivity contribution in [2.45, 2.75) is 13.8 Å². The van der Waals surface area contributed by atoms with Crippen molar-refractivity contribution in [2.75, 3.05) is 22.9 Å². The number of carbonyl (C=O) groups excluding carboxylic acids is 1. The molecule has 12 N–H and O–H groups in total. The summed E-state index contributed by atoms with van der Waals surface area (Å²) in [7, 11) is -9.33. The van der Waals surface area contributed by atoms with Gasteiger partial charge in [0.25, 0.3) is 0 Å². The molecule has 2 aromatic carbocycles. The minimum absolute atomic E-state index is 0. The van der Waals surface area contributed by atoms with Crippen LogP contribution in [0.15, 0.2) is 36.4 Å². The van der Waals surface area contributed by atoms with Gasteiger partial charge in [-0.15, -0.1) is 0 Å². The number of benzene rings is 2. The fourth-order valence-corrected chi connectivity index (χ4v) is 1.40. The van der Waals surface area contributed by atoms with Gasteiger partial charge in [-0.2, -0.15) is 16.8 Å². The van der Waals surface area contributed by atoms with Crippen molar-refractivity contribution in [1.29, 1.82) is 0 Å². The van der Waals surface area contributed by atoms with E-state index in [1.54, 1.807) is 12.1 Å². The number of carboxylic acid groups (broad SMARTS) is 2. The van der Waals surface area contributed by atoms with E-state index in [4.69, 9.17) is 73.0 Å². The fourth-order valence-electron chi connectivity index (χ4n) is 1.40. The molecule has 0 amide bonds. The zero-order valence-corrected chi connectivity index (χ0v) is 26.6. The Labute approximate surface area is 282 Å². The summed E-state index contributed by atoms with van der Waals surface area (Å²) in [4.78, 5) is 8.33. The van der Waals surface area contributed by atoms with Crippen LogP contribution in [0.5, 0.6) is 0 Å².